The lowest BCUT2D eigenvalue weighted by molar-refractivity contribution is -0.400. The number of rotatable bonds is 10. The molecule has 0 radical (unpaired) electrons. The Kier molecular flexibility index (Phi) is 9.43. The molecule has 168 valence electrons. The van der Waals surface area contributed by atoms with Gasteiger partial charge in [-0.3, -0.25) is 0 Å². The smallest absolute Gasteiger partial charge is 0.407 e. The van der Waals surface area contributed by atoms with E-state index in [1.165, 1.54) is 4.90 Å². The zero-order valence-corrected chi connectivity index (χ0v) is 20.0. The number of nitrogens with zero attached hydrogens (tertiary/aromatic N) is 1. The van der Waals surface area contributed by atoms with Crippen LogP contribution in [-0.2, 0) is 19.6 Å². The summed E-state index contributed by atoms with van der Waals surface area (Å²) in [5, 5.41) is 9.81. The van der Waals surface area contributed by atoms with Gasteiger partial charge in [-0.05, 0) is 95.9 Å². The Labute approximate surface area is 171 Å². The first-order valence-corrected chi connectivity index (χ1v) is 10.00. The molecule has 0 saturated heterocycles. The molecule has 1 N–H and O–H groups in total. The van der Waals surface area contributed by atoms with E-state index >= 15 is 0 Å². The molecule has 2 unspecified atom stereocenters. The minimum atomic E-state index is -0.972. The van der Waals surface area contributed by atoms with Crippen LogP contribution in [-0.4, -0.2) is 50.6 Å². The van der Waals surface area contributed by atoms with E-state index in [2.05, 4.69) is 0 Å². The molecule has 0 rings (SSSR count). The largest absolute Gasteiger partial charge is 0.465 e. The second-order valence-electron chi connectivity index (χ2n) is 10.9. The summed E-state index contributed by atoms with van der Waals surface area (Å²) in [5.41, 5.74) is -2.15. The monoisotopic (exact) mass is 405 g/mol. The minimum Gasteiger partial charge on any atom is -0.465 e. The van der Waals surface area contributed by atoms with Gasteiger partial charge < -0.3 is 10.0 Å². The van der Waals surface area contributed by atoms with E-state index in [1.54, 1.807) is 0 Å². The summed E-state index contributed by atoms with van der Waals surface area (Å²) in [6.45, 7) is 22.8. The third kappa shape index (κ3) is 11.8. The van der Waals surface area contributed by atoms with Crippen molar-refractivity contribution in [2.45, 2.75) is 130 Å². The van der Waals surface area contributed by atoms with Crippen molar-refractivity contribution in [1.82, 2.24) is 4.90 Å². The van der Waals surface area contributed by atoms with Gasteiger partial charge in [0.2, 0.25) is 0 Å². The molecule has 0 aliphatic heterocycles. The quantitative estimate of drug-likeness (QED) is 0.378. The molecule has 7 nitrogen and oxygen atoms in total. The summed E-state index contributed by atoms with van der Waals surface area (Å²) in [5.74, 6) is 0. The first kappa shape index (κ1) is 27.1. The molecule has 1 amide bonds. The SMILES string of the molecule is CC(CC(C)(C)OOC(C)(C)C)N(C(=O)O)C(C)CC(C)(C)OOC(C)(C)C. The van der Waals surface area contributed by atoms with E-state index in [-0.39, 0.29) is 12.1 Å². The Morgan fingerprint density at radius 1 is 0.714 bits per heavy atom. The fourth-order valence-electron chi connectivity index (χ4n) is 2.97. The van der Waals surface area contributed by atoms with Gasteiger partial charge in [0.15, 0.2) is 0 Å². The molecule has 0 aromatic carbocycles. The van der Waals surface area contributed by atoms with Crippen molar-refractivity contribution >= 4 is 6.09 Å². The zero-order chi connectivity index (χ0) is 22.6. The van der Waals surface area contributed by atoms with Crippen molar-refractivity contribution in [3.63, 3.8) is 0 Å². The molecular weight excluding hydrogens is 362 g/mol. The maximum Gasteiger partial charge on any atom is 0.407 e. The van der Waals surface area contributed by atoms with Crippen molar-refractivity contribution < 1.29 is 29.5 Å². The highest BCUT2D eigenvalue weighted by atomic mass is 17.2. The predicted octanol–water partition coefficient (Wildman–Crippen LogP) is 5.57. The van der Waals surface area contributed by atoms with Crippen LogP contribution in [0, 0.1) is 0 Å². The van der Waals surface area contributed by atoms with Crippen molar-refractivity contribution in [2.24, 2.45) is 0 Å². The normalized spacial score (nSPS) is 16.0. The molecule has 7 heteroatoms. The lowest BCUT2D eigenvalue weighted by atomic mass is 9.95. The van der Waals surface area contributed by atoms with E-state index in [4.69, 9.17) is 19.6 Å². The van der Waals surface area contributed by atoms with Gasteiger partial charge in [0.25, 0.3) is 0 Å². The van der Waals surface area contributed by atoms with Crippen LogP contribution in [0.3, 0.4) is 0 Å². The van der Waals surface area contributed by atoms with Gasteiger partial charge in [-0.1, -0.05) is 0 Å². The molecule has 28 heavy (non-hydrogen) atoms. The van der Waals surface area contributed by atoms with Gasteiger partial charge in [-0.2, -0.15) is 0 Å². The molecule has 0 heterocycles. The molecule has 0 aliphatic rings. The summed E-state index contributed by atoms with van der Waals surface area (Å²) in [4.78, 5) is 35.5. The minimum absolute atomic E-state index is 0.273. The Balaban J connectivity index is 5.06. The zero-order valence-electron chi connectivity index (χ0n) is 20.0. The summed E-state index contributed by atoms with van der Waals surface area (Å²) in [7, 11) is 0. The molecular formula is C21H43NO6. The van der Waals surface area contributed by atoms with E-state index in [1.807, 2.05) is 83.1 Å². The van der Waals surface area contributed by atoms with E-state index in [9.17, 15) is 9.90 Å². The average molecular weight is 406 g/mol. The van der Waals surface area contributed by atoms with Crippen LogP contribution < -0.4 is 0 Å². The highest BCUT2D eigenvalue weighted by Crippen LogP contribution is 2.28. The highest BCUT2D eigenvalue weighted by Gasteiger charge is 2.35. The van der Waals surface area contributed by atoms with Crippen molar-refractivity contribution in [2.75, 3.05) is 0 Å². The lowest BCUT2D eigenvalue weighted by Crippen LogP contribution is -2.49. The summed E-state index contributed by atoms with van der Waals surface area (Å²) in [6, 6.07) is -0.546. The fraction of sp³-hybridized carbons (Fsp3) is 0.952. The van der Waals surface area contributed by atoms with Crippen LogP contribution in [0.15, 0.2) is 0 Å². The molecule has 2 atom stereocenters. The topological polar surface area (TPSA) is 77.5 Å². The van der Waals surface area contributed by atoms with Gasteiger partial charge in [-0.25, -0.2) is 24.3 Å². The lowest BCUT2D eigenvalue weighted by Gasteiger charge is -2.39. The van der Waals surface area contributed by atoms with Crippen molar-refractivity contribution in [1.29, 1.82) is 0 Å². The van der Waals surface area contributed by atoms with Crippen LogP contribution in [0.1, 0.15) is 95.9 Å². The molecule has 0 bridgehead atoms. The summed E-state index contributed by atoms with van der Waals surface area (Å²) >= 11 is 0. The summed E-state index contributed by atoms with van der Waals surface area (Å²) in [6.07, 6.45) is -0.000925. The Bertz CT molecular complexity index is 452. The number of hydrogen-bond donors (Lipinski definition) is 1. The van der Waals surface area contributed by atoms with Crippen molar-refractivity contribution in [3.05, 3.63) is 0 Å². The van der Waals surface area contributed by atoms with Gasteiger partial charge in [-0.15, -0.1) is 0 Å². The third-order valence-corrected chi connectivity index (χ3v) is 3.78. The average Bonchev–Trinajstić information content (AvgIpc) is 2.40. The third-order valence-electron chi connectivity index (χ3n) is 3.78. The van der Waals surface area contributed by atoms with Gasteiger partial charge >= 0.3 is 6.09 Å². The Morgan fingerprint density at radius 3 is 1.21 bits per heavy atom. The standard InChI is InChI=1S/C21H43NO6/c1-15(13-20(9,10)27-25-18(3,4)5)22(17(23)24)16(2)14-21(11,12)28-26-19(6,7)8/h15-16H,13-14H2,1-12H3,(H,23,24). The van der Waals surface area contributed by atoms with Crippen molar-refractivity contribution in [3.8, 4) is 0 Å². The first-order valence-electron chi connectivity index (χ1n) is 10.00. The maximum atomic E-state index is 12.0. The van der Waals surface area contributed by atoms with Crippen LogP contribution in [0.2, 0.25) is 0 Å². The van der Waals surface area contributed by atoms with E-state index < -0.39 is 28.5 Å². The van der Waals surface area contributed by atoms with Crippen LogP contribution >= 0.6 is 0 Å². The number of amides is 1. The van der Waals surface area contributed by atoms with Crippen LogP contribution in [0.25, 0.3) is 0 Å². The highest BCUT2D eigenvalue weighted by molar-refractivity contribution is 5.65. The molecule has 0 aliphatic carbocycles. The maximum absolute atomic E-state index is 12.0. The second kappa shape index (κ2) is 9.74. The summed E-state index contributed by atoms with van der Waals surface area (Å²) < 4.78 is 0. The number of carboxylic acid groups (broad SMARTS) is 1. The van der Waals surface area contributed by atoms with E-state index in [0.717, 1.165) is 0 Å². The molecule has 0 aromatic rings. The molecule has 0 spiro atoms. The number of hydrogen-bond acceptors (Lipinski definition) is 5. The molecule has 0 aromatic heterocycles. The Morgan fingerprint density at radius 2 is 1.00 bits per heavy atom. The molecule has 0 fully saturated rings. The second-order valence-corrected chi connectivity index (χ2v) is 10.9. The van der Waals surface area contributed by atoms with E-state index in [0.29, 0.717) is 12.8 Å². The van der Waals surface area contributed by atoms with Gasteiger partial charge in [0.05, 0.1) is 22.4 Å². The number of carbonyl (C=O) groups is 1. The van der Waals surface area contributed by atoms with Gasteiger partial charge in [0.1, 0.15) is 0 Å². The molecule has 0 saturated carbocycles. The predicted molar refractivity (Wildman–Crippen MR) is 110 cm³/mol. The first-order chi connectivity index (χ1) is 12.2. The fourth-order valence-corrected chi connectivity index (χ4v) is 2.97. The van der Waals surface area contributed by atoms with Crippen LogP contribution in [0.5, 0.6) is 0 Å². The Hall–Kier alpha value is -0.890. The van der Waals surface area contributed by atoms with Gasteiger partial charge in [0, 0.05) is 12.1 Å². The van der Waals surface area contributed by atoms with Crippen LogP contribution in [0.4, 0.5) is 4.79 Å².